The molecule has 0 fully saturated rings. The van der Waals surface area contributed by atoms with E-state index in [9.17, 15) is 14.7 Å². The highest BCUT2D eigenvalue weighted by molar-refractivity contribution is 5.95. The number of carboxylic acids is 1. The Morgan fingerprint density at radius 3 is 2.52 bits per heavy atom. The second-order valence-corrected chi connectivity index (χ2v) is 4.99. The first-order valence-electron chi connectivity index (χ1n) is 6.65. The Hall–Kier alpha value is -2.62. The zero-order valence-corrected chi connectivity index (χ0v) is 11.8. The number of carbonyl (C=O) groups is 2. The molecule has 0 heterocycles. The lowest BCUT2D eigenvalue weighted by atomic mass is 9.98. The summed E-state index contributed by atoms with van der Waals surface area (Å²) in [5, 5.41) is 13.8. The van der Waals surface area contributed by atoms with Crippen molar-refractivity contribution in [3.05, 3.63) is 60.2 Å². The summed E-state index contributed by atoms with van der Waals surface area (Å²) in [6.45, 7) is 5.07. The number of carboxylic acid groups (broad SMARTS) is 1. The van der Waals surface area contributed by atoms with Crippen molar-refractivity contribution in [3.8, 4) is 0 Å². The van der Waals surface area contributed by atoms with Gasteiger partial charge in [0.2, 0.25) is 5.91 Å². The number of amides is 1. The lowest BCUT2D eigenvalue weighted by Crippen LogP contribution is -2.42. The number of nitrogens with one attached hydrogen (secondary N) is 1. The monoisotopic (exact) mass is 283 g/mol. The highest BCUT2D eigenvalue weighted by Crippen LogP contribution is 2.19. The Labute approximate surface area is 123 Å². The Morgan fingerprint density at radius 1 is 1.19 bits per heavy atom. The van der Waals surface area contributed by atoms with Gasteiger partial charge in [0.25, 0.3) is 0 Å². The van der Waals surface area contributed by atoms with Gasteiger partial charge in [0.1, 0.15) is 6.04 Å². The molecule has 1 amide bonds. The van der Waals surface area contributed by atoms with Crippen molar-refractivity contribution in [2.75, 3.05) is 0 Å². The van der Waals surface area contributed by atoms with Crippen molar-refractivity contribution in [3.63, 3.8) is 0 Å². The molecule has 1 atom stereocenters. The SMILES string of the molecule is C=C(C)C(=O)N[C@@H](Cc1cccc2ccccc12)C(=O)O. The van der Waals surface area contributed by atoms with E-state index in [1.807, 2.05) is 42.5 Å². The standard InChI is InChI=1S/C17H17NO3/c1-11(2)16(19)18-15(17(20)21)10-13-8-5-7-12-6-3-4-9-14(12)13/h3-9,15H,1,10H2,2H3,(H,18,19)(H,20,21)/t15-/m0/s1. The minimum atomic E-state index is -1.06. The van der Waals surface area contributed by atoms with Gasteiger partial charge in [-0.05, 0) is 23.3 Å². The largest absolute Gasteiger partial charge is 0.480 e. The van der Waals surface area contributed by atoms with E-state index in [1.54, 1.807) is 6.92 Å². The lowest BCUT2D eigenvalue weighted by molar-refractivity contribution is -0.141. The van der Waals surface area contributed by atoms with E-state index in [0.717, 1.165) is 16.3 Å². The molecule has 21 heavy (non-hydrogen) atoms. The molecule has 0 unspecified atom stereocenters. The van der Waals surface area contributed by atoms with Gasteiger partial charge in [0.05, 0.1) is 0 Å². The summed E-state index contributed by atoms with van der Waals surface area (Å²) >= 11 is 0. The zero-order chi connectivity index (χ0) is 15.4. The molecule has 0 bridgehead atoms. The van der Waals surface area contributed by atoms with Gasteiger partial charge in [-0.25, -0.2) is 4.79 Å². The molecule has 108 valence electrons. The fourth-order valence-corrected chi connectivity index (χ4v) is 2.17. The molecule has 2 aromatic carbocycles. The maximum absolute atomic E-state index is 11.6. The van der Waals surface area contributed by atoms with Gasteiger partial charge in [-0.1, -0.05) is 49.0 Å². The molecular formula is C17H17NO3. The fourth-order valence-electron chi connectivity index (χ4n) is 2.17. The molecule has 4 nitrogen and oxygen atoms in total. The average molecular weight is 283 g/mol. The molecular weight excluding hydrogens is 266 g/mol. The van der Waals surface area contributed by atoms with Crippen LogP contribution in [0.1, 0.15) is 12.5 Å². The van der Waals surface area contributed by atoms with Crippen molar-refractivity contribution < 1.29 is 14.7 Å². The number of carbonyl (C=O) groups excluding carboxylic acids is 1. The Kier molecular flexibility index (Phi) is 4.38. The van der Waals surface area contributed by atoms with Gasteiger partial charge in [-0.3, -0.25) is 4.79 Å². The first-order chi connectivity index (χ1) is 9.99. The van der Waals surface area contributed by atoms with Crippen LogP contribution in [0.5, 0.6) is 0 Å². The first-order valence-corrected chi connectivity index (χ1v) is 6.65. The molecule has 0 radical (unpaired) electrons. The summed E-state index contributed by atoms with van der Waals surface area (Å²) in [4.78, 5) is 23.0. The highest BCUT2D eigenvalue weighted by atomic mass is 16.4. The van der Waals surface area contributed by atoms with Gasteiger partial charge < -0.3 is 10.4 Å². The summed E-state index contributed by atoms with van der Waals surface area (Å²) in [6.07, 6.45) is 0.232. The minimum Gasteiger partial charge on any atom is -0.480 e. The van der Waals surface area contributed by atoms with Crippen molar-refractivity contribution in [1.82, 2.24) is 5.32 Å². The second-order valence-electron chi connectivity index (χ2n) is 4.99. The summed E-state index contributed by atoms with van der Waals surface area (Å²) in [5.74, 6) is -1.50. The minimum absolute atomic E-state index is 0.232. The third-order valence-corrected chi connectivity index (χ3v) is 3.30. The molecule has 0 aliphatic carbocycles. The molecule has 0 aliphatic heterocycles. The Morgan fingerprint density at radius 2 is 1.86 bits per heavy atom. The summed E-state index contributed by atoms with van der Waals surface area (Å²) in [7, 11) is 0. The molecule has 0 aliphatic rings. The topological polar surface area (TPSA) is 66.4 Å². The van der Waals surface area contributed by atoms with E-state index in [4.69, 9.17) is 0 Å². The quantitative estimate of drug-likeness (QED) is 0.829. The Bertz CT molecular complexity index is 701. The molecule has 0 aromatic heterocycles. The van der Waals surface area contributed by atoms with E-state index < -0.39 is 17.9 Å². The predicted octanol–water partition coefficient (Wildman–Crippen LogP) is 2.53. The molecule has 2 aromatic rings. The van der Waals surface area contributed by atoms with Crippen LogP contribution in [0.4, 0.5) is 0 Å². The molecule has 0 saturated carbocycles. The molecule has 0 spiro atoms. The zero-order valence-electron chi connectivity index (χ0n) is 11.8. The Balaban J connectivity index is 2.29. The molecule has 2 N–H and O–H groups in total. The van der Waals surface area contributed by atoms with Gasteiger partial charge in [0.15, 0.2) is 0 Å². The molecule has 0 saturated heterocycles. The number of aliphatic carboxylic acids is 1. The van der Waals surface area contributed by atoms with Crippen LogP contribution in [0.3, 0.4) is 0 Å². The highest BCUT2D eigenvalue weighted by Gasteiger charge is 2.21. The first kappa shape index (κ1) is 14.8. The number of hydrogen-bond donors (Lipinski definition) is 2. The van der Waals surface area contributed by atoms with Crippen molar-refractivity contribution in [2.45, 2.75) is 19.4 Å². The van der Waals surface area contributed by atoms with Crippen molar-refractivity contribution in [2.24, 2.45) is 0 Å². The van der Waals surface area contributed by atoms with Gasteiger partial charge in [0, 0.05) is 12.0 Å². The fraction of sp³-hybridized carbons (Fsp3) is 0.176. The van der Waals surface area contributed by atoms with Crippen LogP contribution in [0.15, 0.2) is 54.6 Å². The predicted molar refractivity (Wildman–Crippen MR) is 82.0 cm³/mol. The van der Waals surface area contributed by atoms with Gasteiger partial charge >= 0.3 is 5.97 Å². The molecule has 4 heteroatoms. The maximum Gasteiger partial charge on any atom is 0.326 e. The maximum atomic E-state index is 11.6. The smallest absolute Gasteiger partial charge is 0.326 e. The van der Waals surface area contributed by atoms with Crippen LogP contribution in [-0.4, -0.2) is 23.0 Å². The van der Waals surface area contributed by atoms with Crippen molar-refractivity contribution in [1.29, 1.82) is 0 Å². The summed E-state index contributed by atoms with van der Waals surface area (Å²) in [6, 6.07) is 12.5. The number of fused-ring (bicyclic) bond motifs is 1. The number of benzene rings is 2. The van der Waals surface area contributed by atoms with Crippen LogP contribution in [-0.2, 0) is 16.0 Å². The van der Waals surface area contributed by atoms with Crippen LogP contribution in [0, 0.1) is 0 Å². The van der Waals surface area contributed by atoms with E-state index in [1.165, 1.54) is 0 Å². The summed E-state index contributed by atoms with van der Waals surface area (Å²) < 4.78 is 0. The third-order valence-electron chi connectivity index (χ3n) is 3.30. The van der Waals surface area contributed by atoms with Crippen LogP contribution in [0.2, 0.25) is 0 Å². The van der Waals surface area contributed by atoms with E-state index in [0.29, 0.717) is 5.57 Å². The van der Waals surface area contributed by atoms with E-state index in [2.05, 4.69) is 11.9 Å². The lowest BCUT2D eigenvalue weighted by Gasteiger charge is -2.16. The van der Waals surface area contributed by atoms with Crippen LogP contribution < -0.4 is 5.32 Å². The normalized spacial score (nSPS) is 11.9. The summed E-state index contributed by atoms with van der Waals surface area (Å²) in [5.41, 5.74) is 1.18. The van der Waals surface area contributed by atoms with E-state index >= 15 is 0 Å². The second kappa shape index (κ2) is 6.22. The number of rotatable bonds is 5. The van der Waals surface area contributed by atoms with Crippen LogP contribution in [0.25, 0.3) is 10.8 Å². The van der Waals surface area contributed by atoms with Crippen LogP contribution >= 0.6 is 0 Å². The average Bonchev–Trinajstić information content (AvgIpc) is 2.46. The third kappa shape index (κ3) is 3.48. The molecule has 2 rings (SSSR count). The number of hydrogen-bond acceptors (Lipinski definition) is 2. The van der Waals surface area contributed by atoms with E-state index in [-0.39, 0.29) is 6.42 Å². The van der Waals surface area contributed by atoms with Gasteiger partial charge in [-0.15, -0.1) is 0 Å². The van der Waals surface area contributed by atoms with Crippen molar-refractivity contribution >= 4 is 22.6 Å². The van der Waals surface area contributed by atoms with Gasteiger partial charge in [-0.2, -0.15) is 0 Å².